The van der Waals surface area contributed by atoms with Crippen LogP contribution in [-0.2, 0) is 21.4 Å². The second-order valence-corrected chi connectivity index (χ2v) is 14.7. The van der Waals surface area contributed by atoms with E-state index in [1.165, 1.54) is 0 Å². The van der Waals surface area contributed by atoms with Gasteiger partial charge >= 0.3 is 0 Å². The molecule has 3 N–H and O–H groups in total. The van der Waals surface area contributed by atoms with Crippen molar-refractivity contribution in [3.8, 4) is 22.9 Å². The predicted octanol–water partition coefficient (Wildman–Crippen LogP) is 4.21. The molecule has 266 valence electrons. The number of aromatic amines is 1. The zero-order chi connectivity index (χ0) is 36.1. The Morgan fingerprint density at radius 2 is 1.81 bits per heavy atom. The molecule has 0 unspecified atom stereocenters. The largest absolute Gasteiger partial charge is 0.454 e. The summed E-state index contributed by atoms with van der Waals surface area (Å²) in [5.74, 6) is 0.700. The molecule has 3 aliphatic heterocycles. The summed E-state index contributed by atoms with van der Waals surface area (Å²) < 4.78 is 8.59. The van der Waals surface area contributed by atoms with Gasteiger partial charge in [-0.2, -0.15) is 5.10 Å². The third kappa shape index (κ3) is 6.40. The summed E-state index contributed by atoms with van der Waals surface area (Å²) in [6, 6.07) is 14.8. The maximum absolute atomic E-state index is 12.9. The molecule has 14 nitrogen and oxygen atoms in total. The number of nitrogens with zero attached hydrogens (tertiary/aromatic N) is 6. The van der Waals surface area contributed by atoms with E-state index < -0.39 is 0 Å². The summed E-state index contributed by atoms with van der Waals surface area (Å²) in [6.07, 6.45) is 4.64. The number of ether oxygens (including phenoxy) is 1. The van der Waals surface area contributed by atoms with Crippen molar-refractivity contribution >= 4 is 56.4 Å². The monoisotopic (exact) mass is 765 g/mol. The molecule has 0 saturated carbocycles. The first kappa shape index (κ1) is 33.6. The number of pyridine rings is 1. The molecule has 3 aliphatic rings. The quantitative estimate of drug-likeness (QED) is 0.186. The van der Waals surface area contributed by atoms with E-state index >= 15 is 0 Å². The van der Waals surface area contributed by atoms with Gasteiger partial charge in [-0.25, -0.2) is 9.97 Å². The maximum Gasteiger partial charge on any atom is 0.251 e. The molecule has 52 heavy (non-hydrogen) atoms. The molecule has 15 heteroatoms. The van der Waals surface area contributed by atoms with Crippen molar-refractivity contribution < 1.29 is 23.9 Å². The van der Waals surface area contributed by atoms with Gasteiger partial charge in [0.2, 0.25) is 17.7 Å². The molecule has 0 bridgehead atoms. The molecule has 1 spiro atoms. The number of hydrogen-bond acceptors (Lipinski definition) is 9. The van der Waals surface area contributed by atoms with Crippen LogP contribution in [0.4, 0.5) is 5.69 Å². The van der Waals surface area contributed by atoms with Gasteiger partial charge in [-0.1, -0.05) is 12.1 Å². The van der Waals surface area contributed by atoms with Crippen molar-refractivity contribution in [1.29, 1.82) is 0 Å². The van der Waals surface area contributed by atoms with Crippen molar-refractivity contribution in [2.75, 3.05) is 37.6 Å². The lowest BCUT2D eigenvalue weighted by molar-refractivity contribution is -0.145. The summed E-state index contributed by atoms with van der Waals surface area (Å²) >= 11 is 3.53. The number of benzene rings is 2. The Morgan fingerprint density at radius 1 is 1.06 bits per heavy atom. The van der Waals surface area contributed by atoms with Crippen LogP contribution in [-0.4, -0.2) is 86.0 Å². The smallest absolute Gasteiger partial charge is 0.251 e. The van der Waals surface area contributed by atoms with E-state index in [4.69, 9.17) is 4.74 Å². The van der Waals surface area contributed by atoms with Crippen LogP contribution in [0.2, 0.25) is 0 Å². The van der Waals surface area contributed by atoms with E-state index in [9.17, 15) is 19.2 Å². The standard InChI is InChI=1S/C37H36BrN9O5/c1-21-27(16-45(2)44-21)33-42-31-32(28(38)15-40-34(31)43-33)52-25-9-5-23(6-10-25)35(50)39-14-13-30(49)47-19-37(20-47)17-46(18-37)24-7-3-22(4-8-24)26-11-12-29(48)41-36(26)51/h3-10,15-16,26H,11-14,17-20H2,1-2H3,(H,39,50)(H,40,42,43)(H,41,48,51)/t26-/m0/s1. The van der Waals surface area contributed by atoms with Crippen LogP contribution >= 0.6 is 15.9 Å². The van der Waals surface area contributed by atoms with E-state index in [-0.39, 0.29) is 47.9 Å². The van der Waals surface area contributed by atoms with Crippen LogP contribution < -0.4 is 20.3 Å². The highest BCUT2D eigenvalue weighted by Gasteiger charge is 2.53. The lowest BCUT2D eigenvalue weighted by atomic mass is 9.72. The molecule has 3 saturated heterocycles. The number of rotatable bonds is 9. The Balaban J connectivity index is 0.791. The normalized spacial score (nSPS) is 17.9. The molecule has 2 aromatic carbocycles. The van der Waals surface area contributed by atoms with Crippen molar-refractivity contribution in [2.45, 2.75) is 32.1 Å². The van der Waals surface area contributed by atoms with Crippen LogP contribution in [0, 0.1) is 12.3 Å². The Labute approximate surface area is 307 Å². The van der Waals surface area contributed by atoms with Gasteiger partial charge in [0.25, 0.3) is 5.91 Å². The molecule has 3 fully saturated rings. The summed E-state index contributed by atoms with van der Waals surface area (Å²) in [4.78, 5) is 65.9. The van der Waals surface area contributed by atoms with E-state index in [0.717, 1.165) is 35.6 Å². The third-order valence-electron chi connectivity index (χ3n) is 10.0. The summed E-state index contributed by atoms with van der Waals surface area (Å²) in [5.41, 5.74) is 5.39. The molecule has 6 heterocycles. The number of anilines is 1. The molecule has 5 aromatic rings. The lowest BCUT2D eigenvalue weighted by Gasteiger charge is -2.61. The fourth-order valence-corrected chi connectivity index (χ4v) is 7.70. The summed E-state index contributed by atoms with van der Waals surface area (Å²) in [6.45, 7) is 5.29. The number of carbonyl (C=O) groups excluding carboxylic acids is 4. The average Bonchev–Trinajstić information content (AvgIpc) is 3.67. The van der Waals surface area contributed by atoms with E-state index in [1.54, 1.807) is 35.1 Å². The number of amides is 4. The van der Waals surface area contributed by atoms with Gasteiger partial charge in [-0.15, -0.1) is 0 Å². The van der Waals surface area contributed by atoms with Crippen molar-refractivity contribution in [1.82, 2.24) is 40.3 Å². The molecule has 8 rings (SSSR count). The van der Waals surface area contributed by atoms with Gasteiger partial charge in [0.15, 0.2) is 11.4 Å². The van der Waals surface area contributed by atoms with Gasteiger partial charge in [-0.05, 0) is 71.2 Å². The molecule has 0 aliphatic carbocycles. The number of halogens is 1. The number of likely N-dealkylation sites (tertiary alicyclic amines) is 1. The average molecular weight is 767 g/mol. The zero-order valence-electron chi connectivity index (χ0n) is 28.6. The number of fused-ring (bicyclic) bond motifs is 1. The second-order valence-electron chi connectivity index (χ2n) is 13.9. The van der Waals surface area contributed by atoms with Crippen molar-refractivity contribution in [3.63, 3.8) is 0 Å². The van der Waals surface area contributed by atoms with Gasteiger partial charge in [-0.3, -0.25) is 29.2 Å². The second kappa shape index (κ2) is 13.2. The van der Waals surface area contributed by atoms with Crippen LogP contribution in [0.5, 0.6) is 11.5 Å². The molecular weight excluding hydrogens is 730 g/mol. The van der Waals surface area contributed by atoms with Crippen LogP contribution in [0.15, 0.2) is 65.4 Å². The minimum Gasteiger partial charge on any atom is -0.454 e. The number of H-pyrrole nitrogens is 1. The van der Waals surface area contributed by atoms with Crippen LogP contribution in [0.1, 0.15) is 46.8 Å². The topological polar surface area (TPSA) is 167 Å². The first-order valence-electron chi connectivity index (χ1n) is 17.1. The number of aryl methyl sites for hydroxylation is 2. The predicted molar refractivity (Wildman–Crippen MR) is 195 cm³/mol. The maximum atomic E-state index is 12.9. The number of carbonyl (C=O) groups is 4. The lowest BCUT2D eigenvalue weighted by Crippen LogP contribution is -2.73. The Morgan fingerprint density at radius 3 is 2.50 bits per heavy atom. The molecular formula is C37H36BrN9O5. The summed E-state index contributed by atoms with van der Waals surface area (Å²) in [7, 11) is 1.86. The fraction of sp³-hybridized carbons (Fsp3) is 0.324. The highest BCUT2D eigenvalue weighted by Crippen LogP contribution is 2.42. The number of hydrogen-bond donors (Lipinski definition) is 3. The number of aromatic nitrogens is 5. The van der Waals surface area contributed by atoms with Gasteiger partial charge < -0.3 is 24.8 Å². The van der Waals surface area contributed by atoms with Gasteiger partial charge in [0, 0.05) is 81.7 Å². The first-order chi connectivity index (χ1) is 25.0. The minimum atomic E-state index is -0.292. The molecule has 4 amide bonds. The summed E-state index contributed by atoms with van der Waals surface area (Å²) in [5, 5.41) is 9.67. The van der Waals surface area contributed by atoms with Crippen molar-refractivity contribution in [3.05, 3.63) is 82.2 Å². The van der Waals surface area contributed by atoms with E-state index in [1.807, 2.05) is 49.3 Å². The van der Waals surface area contributed by atoms with Gasteiger partial charge in [0.05, 0.1) is 21.6 Å². The first-order valence-corrected chi connectivity index (χ1v) is 17.9. The molecule has 0 radical (unpaired) electrons. The minimum absolute atomic E-state index is 0.0246. The number of piperidine rings is 1. The number of nitrogens with one attached hydrogen (secondary N) is 3. The van der Waals surface area contributed by atoms with Gasteiger partial charge in [0.1, 0.15) is 17.1 Å². The number of imidazole rings is 1. The van der Waals surface area contributed by atoms with Crippen LogP contribution in [0.25, 0.3) is 22.6 Å². The highest BCUT2D eigenvalue weighted by molar-refractivity contribution is 9.10. The zero-order valence-corrected chi connectivity index (χ0v) is 30.2. The van der Waals surface area contributed by atoms with Crippen LogP contribution in [0.3, 0.4) is 0 Å². The Hall–Kier alpha value is -5.57. The highest BCUT2D eigenvalue weighted by atomic mass is 79.9. The van der Waals surface area contributed by atoms with E-state index in [0.29, 0.717) is 64.5 Å². The molecule has 1 atom stereocenters. The molecule has 3 aromatic heterocycles. The van der Waals surface area contributed by atoms with Crippen molar-refractivity contribution in [2.24, 2.45) is 12.5 Å². The fourth-order valence-electron chi connectivity index (χ4n) is 7.32. The Bertz CT molecular complexity index is 2220. The SMILES string of the molecule is Cc1nn(C)cc1-c1nc2ncc(Br)c(Oc3ccc(C(=O)NCCC(=O)N4CC5(C4)CN(c4ccc([C@@H]6CCC(=O)NC6=O)cc4)C5)cc3)c2[nH]1. The Kier molecular flexibility index (Phi) is 8.52. The third-order valence-corrected chi connectivity index (χ3v) is 10.6. The van der Waals surface area contributed by atoms with E-state index in [2.05, 4.69) is 51.5 Å². The number of imide groups is 1.